The molecule has 2 amide bonds. The third-order valence-corrected chi connectivity index (χ3v) is 10.3. The molecule has 0 radical (unpaired) electrons. The Bertz CT molecular complexity index is 1210. The Morgan fingerprint density at radius 2 is 1.90 bits per heavy atom. The number of hydrogen-bond acceptors (Lipinski definition) is 7. The van der Waals surface area contributed by atoms with Gasteiger partial charge in [0.25, 0.3) is 0 Å². The zero-order valence-electron chi connectivity index (χ0n) is 16.1. The minimum Gasteiger partial charge on any atom is -0.508 e. The van der Waals surface area contributed by atoms with Crippen molar-refractivity contribution in [3.05, 3.63) is 38.7 Å². The lowest BCUT2D eigenvalue weighted by atomic mass is 9.68. The highest BCUT2D eigenvalue weighted by molar-refractivity contribution is 8.00. The average Bonchev–Trinajstić information content (AvgIpc) is 3.44. The lowest BCUT2D eigenvalue weighted by Gasteiger charge is -2.43. The number of carboxylic acids is 1. The number of imide groups is 1. The fourth-order valence-corrected chi connectivity index (χ4v) is 9.79. The highest BCUT2D eigenvalue weighted by Crippen LogP contribution is 2.69. The van der Waals surface area contributed by atoms with Gasteiger partial charge in [0.1, 0.15) is 12.3 Å². The van der Waals surface area contributed by atoms with Gasteiger partial charge in [-0.1, -0.05) is 18.2 Å². The Labute approximate surface area is 190 Å². The summed E-state index contributed by atoms with van der Waals surface area (Å²) >= 11 is 8.60. The molecule has 3 N–H and O–H groups in total. The number of aromatic amines is 1. The summed E-state index contributed by atoms with van der Waals surface area (Å²) in [7, 11) is 0. The predicted octanol–water partition coefficient (Wildman–Crippen LogP) is 3.07. The second kappa shape index (κ2) is 6.66. The molecule has 31 heavy (non-hydrogen) atoms. The summed E-state index contributed by atoms with van der Waals surface area (Å²) in [6.07, 6.45) is 0.774. The lowest BCUT2D eigenvalue weighted by Crippen LogP contribution is -2.42. The van der Waals surface area contributed by atoms with E-state index in [0.29, 0.717) is 3.95 Å². The first-order chi connectivity index (χ1) is 14.9. The first kappa shape index (κ1) is 19.5. The van der Waals surface area contributed by atoms with Gasteiger partial charge in [-0.25, -0.2) is 0 Å². The van der Waals surface area contributed by atoms with Gasteiger partial charge in [0, 0.05) is 21.6 Å². The van der Waals surface area contributed by atoms with Crippen LogP contribution in [0.15, 0.2) is 29.3 Å². The second-order valence-corrected chi connectivity index (χ2v) is 11.6. The van der Waals surface area contributed by atoms with Crippen molar-refractivity contribution in [3.63, 3.8) is 0 Å². The Morgan fingerprint density at radius 3 is 2.61 bits per heavy atom. The average molecular weight is 475 g/mol. The maximum absolute atomic E-state index is 13.1. The summed E-state index contributed by atoms with van der Waals surface area (Å²) in [5.41, 5.74) is 0.813. The zero-order chi connectivity index (χ0) is 21.6. The standard InChI is InChI=1S/C21H18N2O5S3/c24-10-4-2-1-3-7(10)12-13-8-5-9(16(13)30-18-17(12)31-21(29)22-18)15-14(8)19(27)23(20(15)28)6-11(25)26/h1-4,8-9,12-16,24H,5-6H2,(H,22,29)(H,25,26). The number of aromatic hydroxyl groups is 1. The maximum atomic E-state index is 13.1. The van der Waals surface area contributed by atoms with Gasteiger partial charge < -0.3 is 15.2 Å². The minimum atomic E-state index is -1.18. The SMILES string of the molecule is O=C(O)CN1C(=O)C2C3CC(C2C1=O)C1C(c2ccccc2O)c2sc(=S)[nH]c2SC31. The molecule has 2 aliphatic carbocycles. The van der Waals surface area contributed by atoms with E-state index in [1.54, 1.807) is 23.9 Å². The van der Waals surface area contributed by atoms with Crippen molar-refractivity contribution < 1.29 is 24.6 Å². The number of amides is 2. The highest BCUT2D eigenvalue weighted by Gasteiger charge is 2.69. The molecular formula is C21H18N2O5S3. The molecule has 7 atom stereocenters. The maximum Gasteiger partial charge on any atom is 0.323 e. The Hall–Kier alpha value is -2.17. The molecule has 1 aromatic heterocycles. The summed E-state index contributed by atoms with van der Waals surface area (Å²) < 4.78 is 0.672. The van der Waals surface area contributed by atoms with Crippen LogP contribution in [0.4, 0.5) is 0 Å². The van der Waals surface area contributed by atoms with Crippen LogP contribution in [0.5, 0.6) is 5.75 Å². The predicted molar refractivity (Wildman–Crippen MR) is 116 cm³/mol. The van der Waals surface area contributed by atoms with Gasteiger partial charge >= 0.3 is 5.97 Å². The Morgan fingerprint density at radius 1 is 1.19 bits per heavy atom. The summed E-state index contributed by atoms with van der Waals surface area (Å²) in [6.45, 7) is -0.573. The number of carbonyl (C=O) groups is 3. The lowest BCUT2D eigenvalue weighted by molar-refractivity contribution is -0.149. The number of H-pyrrole nitrogens is 1. The quantitative estimate of drug-likeness (QED) is 0.463. The molecule has 2 bridgehead atoms. The van der Waals surface area contributed by atoms with Gasteiger partial charge in [-0.05, 0) is 42.5 Å². The number of carboxylic acid groups (broad SMARTS) is 1. The van der Waals surface area contributed by atoms with Gasteiger partial charge in [0.2, 0.25) is 11.8 Å². The van der Waals surface area contributed by atoms with Crippen LogP contribution in [0.2, 0.25) is 0 Å². The van der Waals surface area contributed by atoms with Crippen molar-refractivity contribution in [2.45, 2.75) is 22.6 Å². The van der Waals surface area contributed by atoms with Crippen molar-refractivity contribution in [2.24, 2.45) is 29.6 Å². The third-order valence-electron chi connectivity index (χ3n) is 7.38. The number of carbonyl (C=O) groups excluding carboxylic acids is 2. The van der Waals surface area contributed by atoms with E-state index in [4.69, 9.17) is 12.2 Å². The minimum absolute atomic E-state index is 0.00335. The van der Waals surface area contributed by atoms with Crippen LogP contribution in [0.3, 0.4) is 0 Å². The number of likely N-dealkylation sites (tertiary alicyclic amines) is 1. The number of thiazole rings is 1. The van der Waals surface area contributed by atoms with Crippen LogP contribution >= 0.6 is 35.3 Å². The summed E-state index contributed by atoms with van der Waals surface area (Å²) in [5, 5.41) is 20.9. The molecule has 1 aromatic carbocycles. The second-order valence-electron chi connectivity index (χ2n) is 8.68. The number of hydrogen-bond donors (Lipinski definition) is 3. The number of phenolic OH excluding ortho intramolecular Hbond substituents is 1. The molecule has 7 unspecified atom stereocenters. The normalized spacial score (nSPS) is 35.2. The van der Waals surface area contributed by atoms with E-state index in [-0.39, 0.29) is 46.5 Å². The van der Waals surface area contributed by atoms with Gasteiger partial charge in [0.15, 0.2) is 3.95 Å². The Kier molecular flexibility index (Phi) is 4.19. The number of para-hydroxylation sites is 1. The number of rotatable bonds is 3. The molecule has 6 rings (SSSR count). The fourth-order valence-electron chi connectivity index (χ4n) is 6.47. The van der Waals surface area contributed by atoms with E-state index in [2.05, 4.69) is 4.98 Å². The van der Waals surface area contributed by atoms with Crippen LogP contribution in [0.25, 0.3) is 0 Å². The Balaban J connectivity index is 1.47. The van der Waals surface area contributed by atoms with Crippen LogP contribution in [-0.2, 0) is 14.4 Å². The van der Waals surface area contributed by atoms with Gasteiger partial charge in [-0.15, -0.1) is 23.1 Å². The zero-order valence-corrected chi connectivity index (χ0v) is 18.5. The van der Waals surface area contributed by atoms with Crippen molar-refractivity contribution >= 4 is 53.1 Å². The molecule has 2 aromatic rings. The van der Waals surface area contributed by atoms with Gasteiger partial charge in [-0.3, -0.25) is 19.3 Å². The molecular weight excluding hydrogens is 456 g/mol. The smallest absolute Gasteiger partial charge is 0.323 e. The first-order valence-corrected chi connectivity index (χ1v) is 12.2. The number of aliphatic carboxylic acids is 1. The van der Waals surface area contributed by atoms with Crippen LogP contribution < -0.4 is 0 Å². The van der Waals surface area contributed by atoms with Crippen LogP contribution in [-0.4, -0.2) is 49.7 Å². The van der Waals surface area contributed by atoms with Crippen molar-refractivity contribution in [3.8, 4) is 5.75 Å². The third kappa shape index (κ3) is 2.58. The van der Waals surface area contributed by atoms with Crippen molar-refractivity contribution in [1.29, 1.82) is 0 Å². The topological polar surface area (TPSA) is 111 Å². The largest absolute Gasteiger partial charge is 0.508 e. The molecule has 0 spiro atoms. The summed E-state index contributed by atoms with van der Waals surface area (Å²) in [5.74, 6) is -2.65. The van der Waals surface area contributed by atoms with E-state index in [1.807, 2.05) is 12.1 Å². The number of aromatic nitrogens is 1. The van der Waals surface area contributed by atoms with E-state index < -0.39 is 24.3 Å². The molecule has 2 saturated carbocycles. The number of thioether (sulfide) groups is 1. The van der Waals surface area contributed by atoms with E-state index in [0.717, 1.165) is 26.8 Å². The molecule has 10 heteroatoms. The number of fused-ring (bicyclic) bond motifs is 9. The number of benzene rings is 1. The first-order valence-electron chi connectivity index (χ1n) is 10.1. The molecule has 3 fully saturated rings. The summed E-state index contributed by atoms with van der Waals surface area (Å²) in [4.78, 5) is 42.7. The molecule has 2 aliphatic heterocycles. The summed E-state index contributed by atoms with van der Waals surface area (Å²) in [6, 6.07) is 7.27. The van der Waals surface area contributed by atoms with Crippen molar-refractivity contribution in [1.82, 2.24) is 9.88 Å². The van der Waals surface area contributed by atoms with Crippen molar-refractivity contribution in [2.75, 3.05) is 6.54 Å². The molecule has 4 aliphatic rings. The number of phenols is 1. The number of nitrogens with one attached hydrogen (secondary N) is 1. The fraction of sp³-hybridized carbons (Fsp3) is 0.429. The number of nitrogens with zero attached hydrogens (tertiary/aromatic N) is 1. The monoisotopic (exact) mass is 474 g/mol. The molecule has 3 heterocycles. The molecule has 1 saturated heterocycles. The van der Waals surface area contributed by atoms with E-state index in [9.17, 15) is 24.6 Å². The van der Waals surface area contributed by atoms with Gasteiger partial charge in [-0.2, -0.15) is 0 Å². The van der Waals surface area contributed by atoms with E-state index in [1.165, 1.54) is 11.3 Å². The molecule has 160 valence electrons. The van der Waals surface area contributed by atoms with Crippen LogP contribution in [0.1, 0.15) is 22.8 Å². The van der Waals surface area contributed by atoms with Gasteiger partial charge in [0.05, 0.1) is 16.9 Å². The molecule has 7 nitrogen and oxygen atoms in total. The van der Waals surface area contributed by atoms with Crippen LogP contribution in [0, 0.1) is 33.5 Å². The van der Waals surface area contributed by atoms with E-state index >= 15 is 0 Å². The highest BCUT2D eigenvalue weighted by atomic mass is 32.2.